The summed E-state index contributed by atoms with van der Waals surface area (Å²) in [5.74, 6) is 0. The Morgan fingerprint density at radius 1 is 1.78 bits per heavy atom. The number of rotatable bonds is 0. The Balaban J connectivity index is 2.56. The fourth-order valence-electron chi connectivity index (χ4n) is 0.752. The van der Waals surface area contributed by atoms with Crippen LogP contribution in [0.2, 0.25) is 0 Å². The van der Waals surface area contributed by atoms with Crippen molar-refractivity contribution >= 4 is 0 Å². The van der Waals surface area contributed by atoms with Crippen molar-refractivity contribution in [1.29, 1.82) is 5.26 Å². The Kier molecular flexibility index (Phi) is 1.92. The monoisotopic (exact) mass is 120 g/mol. The second-order valence-electron chi connectivity index (χ2n) is 1.88. The Morgan fingerprint density at radius 2 is 2.67 bits per heavy atom. The highest BCUT2D eigenvalue weighted by Crippen LogP contribution is 2.05. The SMILES string of the molecule is N#CC=C1CCC=CN1. The van der Waals surface area contributed by atoms with Gasteiger partial charge in [-0.2, -0.15) is 5.26 Å². The van der Waals surface area contributed by atoms with Crippen LogP contribution in [0.15, 0.2) is 24.0 Å². The zero-order valence-electron chi connectivity index (χ0n) is 5.09. The molecular formula is C7H8N2. The molecule has 2 heteroatoms. The van der Waals surface area contributed by atoms with E-state index in [1.165, 1.54) is 0 Å². The predicted octanol–water partition coefficient (Wildman–Crippen LogP) is 1.29. The van der Waals surface area contributed by atoms with Gasteiger partial charge in [-0.15, -0.1) is 0 Å². The van der Waals surface area contributed by atoms with Crippen molar-refractivity contribution < 1.29 is 0 Å². The van der Waals surface area contributed by atoms with Crippen molar-refractivity contribution in [1.82, 2.24) is 5.32 Å². The summed E-state index contributed by atoms with van der Waals surface area (Å²) in [7, 11) is 0. The van der Waals surface area contributed by atoms with Gasteiger partial charge in [0, 0.05) is 11.8 Å². The van der Waals surface area contributed by atoms with E-state index in [0.29, 0.717) is 0 Å². The van der Waals surface area contributed by atoms with Crippen LogP contribution >= 0.6 is 0 Å². The van der Waals surface area contributed by atoms with Crippen molar-refractivity contribution in [3.05, 3.63) is 24.0 Å². The first-order valence-corrected chi connectivity index (χ1v) is 2.93. The van der Waals surface area contributed by atoms with Crippen LogP contribution in [0.4, 0.5) is 0 Å². The maximum absolute atomic E-state index is 8.23. The molecule has 0 aliphatic carbocycles. The molecule has 0 amide bonds. The molecule has 1 aliphatic rings. The molecule has 1 N–H and O–H groups in total. The Bertz CT molecular complexity index is 184. The molecule has 1 aliphatic heterocycles. The first-order valence-electron chi connectivity index (χ1n) is 2.93. The van der Waals surface area contributed by atoms with Crippen molar-refractivity contribution in [2.24, 2.45) is 0 Å². The van der Waals surface area contributed by atoms with E-state index < -0.39 is 0 Å². The summed E-state index contributed by atoms with van der Waals surface area (Å²) in [6.07, 6.45) is 7.47. The molecule has 0 atom stereocenters. The number of allylic oxidation sites excluding steroid dienone is 3. The van der Waals surface area contributed by atoms with E-state index in [-0.39, 0.29) is 0 Å². The molecule has 2 nitrogen and oxygen atoms in total. The number of nitrogens with zero attached hydrogens (tertiary/aromatic N) is 1. The first kappa shape index (κ1) is 5.90. The van der Waals surface area contributed by atoms with Crippen molar-refractivity contribution in [2.75, 3.05) is 0 Å². The van der Waals surface area contributed by atoms with Gasteiger partial charge in [0.2, 0.25) is 0 Å². The molecule has 0 aromatic rings. The van der Waals surface area contributed by atoms with Crippen LogP contribution < -0.4 is 5.32 Å². The minimum Gasteiger partial charge on any atom is -0.365 e. The maximum atomic E-state index is 8.23. The number of hydrogen-bond donors (Lipinski definition) is 1. The van der Waals surface area contributed by atoms with E-state index in [0.717, 1.165) is 18.5 Å². The summed E-state index contributed by atoms with van der Waals surface area (Å²) in [4.78, 5) is 0. The maximum Gasteiger partial charge on any atom is 0.0930 e. The van der Waals surface area contributed by atoms with Crippen LogP contribution in [0.3, 0.4) is 0 Å². The van der Waals surface area contributed by atoms with Crippen LogP contribution in [0.25, 0.3) is 0 Å². The van der Waals surface area contributed by atoms with E-state index >= 15 is 0 Å². The molecular weight excluding hydrogens is 112 g/mol. The summed E-state index contributed by atoms with van der Waals surface area (Å²) in [6, 6.07) is 1.98. The summed E-state index contributed by atoms with van der Waals surface area (Å²) in [5, 5.41) is 11.2. The van der Waals surface area contributed by atoms with E-state index in [4.69, 9.17) is 5.26 Å². The first-order chi connectivity index (χ1) is 4.43. The predicted molar refractivity (Wildman–Crippen MR) is 35.2 cm³/mol. The van der Waals surface area contributed by atoms with E-state index in [1.54, 1.807) is 6.08 Å². The fraction of sp³-hybridized carbons (Fsp3) is 0.286. The highest BCUT2D eigenvalue weighted by Gasteiger charge is 1.95. The lowest BCUT2D eigenvalue weighted by atomic mass is 10.2. The third-order valence-electron chi connectivity index (χ3n) is 1.21. The largest absolute Gasteiger partial charge is 0.365 e. The summed E-state index contributed by atoms with van der Waals surface area (Å²) >= 11 is 0. The molecule has 0 fully saturated rings. The van der Waals surface area contributed by atoms with Gasteiger partial charge in [-0.25, -0.2) is 0 Å². The quantitative estimate of drug-likeness (QED) is 0.489. The van der Waals surface area contributed by atoms with Gasteiger partial charge in [-0.05, 0) is 19.0 Å². The third-order valence-corrected chi connectivity index (χ3v) is 1.21. The number of hydrogen-bond acceptors (Lipinski definition) is 2. The standard InChI is InChI=1S/C7H8N2/c8-5-4-7-3-1-2-6-9-7/h2,4,6,9H,1,3H2. The molecule has 0 saturated heterocycles. The topological polar surface area (TPSA) is 35.8 Å². The van der Waals surface area contributed by atoms with Gasteiger partial charge < -0.3 is 5.32 Å². The molecule has 0 spiro atoms. The van der Waals surface area contributed by atoms with Crippen molar-refractivity contribution in [3.63, 3.8) is 0 Å². The molecule has 9 heavy (non-hydrogen) atoms. The summed E-state index contributed by atoms with van der Waals surface area (Å²) in [6.45, 7) is 0. The zero-order chi connectivity index (χ0) is 6.53. The van der Waals surface area contributed by atoms with E-state index in [2.05, 4.69) is 11.4 Å². The van der Waals surface area contributed by atoms with Crippen LogP contribution in [-0.4, -0.2) is 0 Å². The van der Waals surface area contributed by atoms with E-state index in [9.17, 15) is 0 Å². The highest BCUT2D eigenvalue weighted by atomic mass is 14.9. The minimum absolute atomic E-state index is 0.962. The average molecular weight is 120 g/mol. The van der Waals surface area contributed by atoms with Gasteiger partial charge in [-0.3, -0.25) is 0 Å². The van der Waals surface area contributed by atoms with Gasteiger partial charge in [0.1, 0.15) is 0 Å². The molecule has 0 aromatic heterocycles. The Hall–Kier alpha value is -1.23. The van der Waals surface area contributed by atoms with Gasteiger partial charge in [-0.1, -0.05) is 6.08 Å². The fourth-order valence-corrected chi connectivity index (χ4v) is 0.752. The molecule has 0 unspecified atom stereocenters. The van der Waals surface area contributed by atoms with Gasteiger partial charge >= 0.3 is 0 Å². The summed E-state index contributed by atoms with van der Waals surface area (Å²) < 4.78 is 0. The molecule has 0 saturated carbocycles. The van der Waals surface area contributed by atoms with Crippen LogP contribution in [0.1, 0.15) is 12.8 Å². The third kappa shape index (κ3) is 1.61. The Morgan fingerprint density at radius 3 is 3.22 bits per heavy atom. The average Bonchev–Trinajstić information content (AvgIpc) is 1.91. The molecule has 0 radical (unpaired) electrons. The number of nitriles is 1. The minimum atomic E-state index is 0.962. The lowest BCUT2D eigenvalue weighted by Gasteiger charge is -2.07. The second-order valence-corrected chi connectivity index (χ2v) is 1.88. The van der Waals surface area contributed by atoms with E-state index in [1.807, 2.05) is 12.3 Å². The van der Waals surface area contributed by atoms with Gasteiger partial charge in [0.05, 0.1) is 6.07 Å². The smallest absolute Gasteiger partial charge is 0.0930 e. The molecule has 1 rings (SSSR count). The van der Waals surface area contributed by atoms with Crippen LogP contribution in [0.5, 0.6) is 0 Å². The highest BCUT2D eigenvalue weighted by molar-refractivity contribution is 5.16. The second kappa shape index (κ2) is 2.93. The zero-order valence-corrected chi connectivity index (χ0v) is 5.09. The molecule has 0 aromatic carbocycles. The lowest BCUT2D eigenvalue weighted by Crippen LogP contribution is -2.07. The molecule has 1 heterocycles. The lowest BCUT2D eigenvalue weighted by molar-refractivity contribution is 0.839. The van der Waals surface area contributed by atoms with Gasteiger partial charge in [0.15, 0.2) is 0 Å². The van der Waals surface area contributed by atoms with Crippen molar-refractivity contribution in [3.8, 4) is 6.07 Å². The normalized spacial score (nSPS) is 21.0. The van der Waals surface area contributed by atoms with Gasteiger partial charge in [0.25, 0.3) is 0 Å². The van der Waals surface area contributed by atoms with Crippen LogP contribution in [0, 0.1) is 11.3 Å². The molecule has 0 bridgehead atoms. The van der Waals surface area contributed by atoms with Crippen LogP contribution in [-0.2, 0) is 0 Å². The van der Waals surface area contributed by atoms with Crippen molar-refractivity contribution in [2.45, 2.75) is 12.8 Å². The summed E-state index contributed by atoms with van der Waals surface area (Å²) in [5.41, 5.74) is 1.01. The Labute approximate surface area is 54.5 Å². The molecule has 46 valence electrons. The number of nitrogens with one attached hydrogen (secondary N) is 1.